The van der Waals surface area contributed by atoms with E-state index in [9.17, 15) is 5.11 Å². The lowest BCUT2D eigenvalue weighted by atomic mass is 10.1. The van der Waals surface area contributed by atoms with Crippen molar-refractivity contribution in [2.75, 3.05) is 0 Å². The Morgan fingerprint density at radius 2 is 2.16 bits per heavy atom. The molecule has 1 aromatic carbocycles. The largest absolute Gasteiger partial charge is 0.391 e. The predicted octanol–water partition coefficient (Wildman–Crippen LogP) is 1.37. The number of aliphatic hydroxyl groups is 1. The Labute approximate surface area is 111 Å². The number of imidazole rings is 1. The van der Waals surface area contributed by atoms with Crippen LogP contribution in [0.5, 0.6) is 0 Å². The molecule has 1 N–H and O–H groups in total. The Bertz CT molecular complexity index is 685. The molecule has 19 heavy (non-hydrogen) atoms. The zero-order valence-electron chi connectivity index (χ0n) is 10.8. The summed E-state index contributed by atoms with van der Waals surface area (Å²) in [6, 6.07) is 7.93. The molecule has 0 bridgehead atoms. The smallest absolute Gasteiger partial charge is 0.0959 e. The number of aryl methyl sites for hydroxylation is 1. The van der Waals surface area contributed by atoms with Gasteiger partial charge in [-0.25, -0.2) is 4.98 Å². The molecular weight excluding hydrogens is 240 g/mol. The van der Waals surface area contributed by atoms with Crippen LogP contribution in [0.25, 0.3) is 11.0 Å². The maximum atomic E-state index is 10.2. The standard InChI is InChI=1S/C14H16N4O/c1-17-8-11(7-16-17)6-12(19)9-18-10-15-13-4-2-3-5-14(13)18/h2-5,7-8,10,12,19H,6,9H2,1H3. The second kappa shape index (κ2) is 4.85. The summed E-state index contributed by atoms with van der Waals surface area (Å²) in [6.45, 7) is 0.537. The number of hydrogen-bond donors (Lipinski definition) is 1. The first-order chi connectivity index (χ1) is 9.22. The van der Waals surface area contributed by atoms with E-state index in [-0.39, 0.29) is 0 Å². The molecule has 0 saturated carbocycles. The second-order valence-corrected chi connectivity index (χ2v) is 4.77. The summed E-state index contributed by atoms with van der Waals surface area (Å²) in [5, 5.41) is 14.3. The third kappa shape index (κ3) is 2.51. The quantitative estimate of drug-likeness (QED) is 0.767. The lowest BCUT2D eigenvalue weighted by molar-refractivity contribution is 0.155. The highest BCUT2D eigenvalue weighted by atomic mass is 16.3. The molecule has 98 valence electrons. The van der Waals surface area contributed by atoms with Gasteiger partial charge >= 0.3 is 0 Å². The molecule has 0 aliphatic carbocycles. The van der Waals surface area contributed by atoms with Gasteiger partial charge in [-0.05, 0) is 17.7 Å². The molecule has 0 spiro atoms. The number of para-hydroxylation sites is 2. The highest BCUT2D eigenvalue weighted by molar-refractivity contribution is 5.74. The molecule has 2 aromatic heterocycles. The molecule has 5 heteroatoms. The Kier molecular flexibility index (Phi) is 3.05. The van der Waals surface area contributed by atoms with Crippen LogP contribution in [0.4, 0.5) is 0 Å². The molecule has 3 aromatic rings. The molecule has 1 atom stereocenters. The highest BCUT2D eigenvalue weighted by Crippen LogP contribution is 2.13. The van der Waals surface area contributed by atoms with E-state index in [0.29, 0.717) is 13.0 Å². The number of fused-ring (bicyclic) bond motifs is 1. The fourth-order valence-electron chi connectivity index (χ4n) is 2.30. The van der Waals surface area contributed by atoms with Gasteiger partial charge in [0.1, 0.15) is 0 Å². The summed E-state index contributed by atoms with van der Waals surface area (Å²) in [5.74, 6) is 0. The highest BCUT2D eigenvalue weighted by Gasteiger charge is 2.10. The van der Waals surface area contributed by atoms with Gasteiger partial charge in [0.2, 0.25) is 0 Å². The van der Waals surface area contributed by atoms with E-state index in [4.69, 9.17) is 0 Å². The van der Waals surface area contributed by atoms with Crippen LogP contribution in [0.3, 0.4) is 0 Å². The van der Waals surface area contributed by atoms with Gasteiger partial charge < -0.3 is 9.67 Å². The van der Waals surface area contributed by atoms with E-state index < -0.39 is 6.10 Å². The molecular formula is C14H16N4O. The molecule has 0 radical (unpaired) electrons. The van der Waals surface area contributed by atoms with Gasteiger partial charge in [-0.2, -0.15) is 5.10 Å². The van der Waals surface area contributed by atoms with Crippen molar-refractivity contribution < 1.29 is 5.11 Å². The minimum atomic E-state index is -0.443. The number of rotatable bonds is 4. The molecule has 3 rings (SSSR count). The van der Waals surface area contributed by atoms with E-state index in [1.54, 1.807) is 17.2 Å². The van der Waals surface area contributed by atoms with E-state index in [1.807, 2.05) is 42.1 Å². The molecule has 0 saturated heterocycles. The fourth-order valence-corrected chi connectivity index (χ4v) is 2.30. The zero-order chi connectivity index (χ0) is 13.2. The van der Waals surface area contributed by atoms with Crippen LogP contribution >= 0.6 is 0 Å². The first-order valence-electron chi connectivity index (χ1n) is 6.28. The summed E-state index contributed by atoms with van der Waals surface area (Å²) in [7, 11) is 1.87. The molecule has 0 fully saturated rings. The van der Waals surface area contributed by atoms with Crippen molar-refractivity contribution in [1.29, 1.82) is 0 Å². The zero-order valence-corrected chi connectivity index (χ0v) is 10.8. The Hall–Kier alpha value is -2.14. The number of hydrogen-bond acceptors (Lipinski definition) is 3. The number of nitrogens with zero attached hydrogens (tertiary/aromatic N) is 4. The summed E-state index contributed by atoms with van der Waals surface area (Å²) >= 11 is 0. The van der Waals surface area contributed by atoms with Crippen LogP contribution in [-0.2, 0) is 20.0 Å². The van der Waals surface area contributed by atoms with Gasteiger partial charge in [0.25, 0.3) is 0 Å². The van der Waals surface area contributed by atoms with Crippen molar-refractivity contribution >= 4 is 11.0 Å². The summed E-state index contributed by atoms with van der Waals surface area (Å²) in [4.78, 5) is 4.32. The molecule has 5 nitrogen and oxygen atoms in total. The van der Waals surface area contributed by atoms with E-state index in [2.05, 4.69) is 10.1 Å². The van der Waals surface area contributed by atoms with E-state index in [0.717, 1.165) is 16.6 Å². The van der Waals surface area contributed by atoms with Gasteiger partial charge in [0.15, 0.2) is 0 Å². The third-order valence-electron chi connectivity index (χ3n) is 3.16. The molecule has 0 amide bonds. The lowest BCUT2D eigenvalue weighted by Gasteiger charge is -2.10. The average Bonchev–Trinajstić information content (AvgIpc) is 2.97. The van der Waals surface area contributed by atoms with Gasteiger partial charge in [0.05, 0.1) is 36.2 Å². The van der Waals surface area contributed by atoms with Crippen LogP contribution in [0.1, 0.15) is 5.56 Å². The van der Waals surface area contributed by atoms with Crippen molar-refractivity contribution in [3.8, 4) is 0 Å². The van der Waals surface area contributed by atoms with Crippen LogP contribution < -0.4 is 0 Å². The van der Waals surface area contributed by atoms with Crippen molar-refractivity contribution in [2.24, 2.45) is 7.05 Å². The minimum absolute atomic E-state index is 0.443. The maximum Gasteiger partial charge on any atom is 0.0959 e. The van der Waals surface area contributed by atoms with E-state index in [1.165, 1.54) is 0 Å². The van der Waals surface area contributed by atoms with Crippen molar-refractivity contribution in [3.63, 3.8) is 0 Å². The number of aliphatic hydroxyl groups excluding tert-OH is 1. The topological polar surface area (TPSA) is 55.9 Å². The Morgan fingerprint density at radius 3 is 2.95 bits per heavy atom. The third-order valence-corrected chi connectivity index (χ3v) is 3.16. The second-order valence-electron chi connectivity index (χ2n) is 4.77. The summed E-state index contributed by atoms with van der Waals surface area (Å²) in [5.41, 5.74) is 3.04. The number of benzene rings is 1. The summed E-state index contributed by atoms with van der Waals surface area (Å²) < 4.78 is 3.73. The molecule has 1 unspecified atom stereocenters. The van der Waals surface area contributed by atoms with Gasteiger partial charge in [-0.1, -0.05) is 12.1 Å². The fraction of sp³-hybridized carbons (Fsp3) is 0.286. The lowest BCUT2D eigenvalue weighted by Crippen LogP contribution is -2.17. The molecule has 2 heterocycles. The van der Waals surface area contributed by atoms with Crippen LogP contribution in [0.15, 0.2) is 43.0 Å². The van der Waals surface area contributed by atoms with Crippen molar-refractivity contribution in [1.82, 2.24) is 19.3 Å². The van der Waals surface area contributed by atoms with Crippen molar-refractivity contribution in [2.45, 2.75) is 19.1 Å². The summed E-state index contributed by atoms with van der Waals surface area (Å²) in [6.07, 6.45) is 5.64. The van der Waals surface area contributed by atoms with Crippen LogP contribution in [-0.4, -0.2) is 30.5 Å². The van der Waals surface area contributed by atoms with Gasteiger partial charge in [-0.15, -0.1) is 0 Å². The van der Waals surface area contributed by atoms with Crippen LogP contribution in [0, 0.1) is 0 Å². The average molecular weight is 256 g/mol. The van der Waals surface area contributed by atoms with Crippen molar-refractivity contribution in [3.05, 3.63) is 48.5 Å². The number of aromatic nitrogens is 4. The Balaban J connectivity index is 1.74. The first-order valence-corrected chi connectivity index (χ1v) is 6.28. The van der Waals surface area contributed by atoms with Gasteiger partial charge in [-0.3, -0.25) is 4.68 Å². The monoisotopic (exact) mass is 256 g/mol. The Morgan fingerprint density at radius 1 is 1.32 bits per heavy atom. The predicted molar refractivity (Wildman–Crippen MR) is 72.7 cm³/mol. The molecule has 0 aliphatic rings. The molecule has 0 aliphatic heterocycles. The first kappa shape index (κ1) is 11.9. The maximum absolute atomic E-state index is 10.2. The van der Waals surface area contributed by atoms with Gasteiger partial charge in [0, 0.05) is 19.7 Å². The minimum Gasteiger partial charge on any atom is -0.391 e. The SMILES string of the molecule is Cn1cc(CC(O)Cn2cnc3ccccc32)cn1. The normalized spacial score (nSPS) is 12.9. The van der Waals surface area contributed by atoms with Crippen LogP contribution in [0.2, 0.25) is 0 Å². The van der Waals surface area contributed by atoms with E-state index >= 15 is 0 Å².